The fourth-order valence-electron chi connectivity index (χ4n) is 2.14. The van der Waals surface area contributed by atoms with Gasteiger partial charge in [0.1, 0.15) is 17.4 Å². The minimum Gasteiger partial charge on any atom is -0.481 e. The van der Waals surface area contributed by atoms with Crippen LogP contribution in [0.4, 0.5) is 0 Å². The summed E-state index contributed by atoms with van der Waals surface area (Å²) in [5.74, 6) is -0.552. The zero-order valence-corrected chi connectivity index (χ0v) is 11.4. The second-order valence-electron chi connectivity index (χ2n) is 4.78. The molecule has 6 heteroatoms. The lowest BCUT2D eigenvalue weighted by Gasteiger charge is -2.25. The smallest absolute Gasteiger partial charge is 0.311 e. The first-order chi connectivity index (χ1) is 9.49. The molecule has 0 radical (unpaired) electrons. The van der Waals surface area contributed by atoms with E-state index in [1.165, 1.54) is 11.0 Å². The molecule has 108 valence electrons. The number of carboxylic acids is 1. The van der Waals surface area contributed by atoms with Gasteiger partial charge in [0.05, 0.1) is 19.3 Å². The fourth-order valence-corrected chi connectivity index (χ4v) is 2.14. The first kappa shape index (κ1) is 14.3. The molecule has 1 amide bonds. The zero-order chi connectivity index (χ0) is 14.7. The van der Waals surface area contributed by atoms with Crippen LogP contribution in [0.25, 0.3) is 6.08 Å². The van der Waals surface area contributed by atoms with E-state index in [0.717, 1.165) is 5.76 Å². The first-order valence-electron chi connectivity index (χ1n) is 6.31. The normalized spacial score (nSPS) is 22.3. The van der Waals surface area contributed by atoms with E-state index in [1.807, 2.05) is 6.92 Å². The maximum atomic E-state index is 12.0. The van der Waals surface area contributed by atoms with Gasteiger partial charge in [-0.25, -0.2) is 0 Å². The molecule has 0 aromatic carbocycles. The van der Waals surface area contributed by atoms with Gasteiger partial charge in [-0.1, -0.05) is 0 Å². The minimum absolute atomic E-state index is 0.138. The number of hydrogen-bond donors (Lipinski definition) is 1. The Balaban J connectivity index is 2.01. The number of rotatable bonds is 4. The highest BCUT2D eigenvalue weighted by molar-refractivity contribution is 5.92. The van der Waals surface area contributed by atoms with Crippen molar-refractivity contribution in [2.45, 2.75) is 13.0 Å². The summed E-state index contributed by atoms with van der Waals surface area (Å²) in [6.45, 7) is 2.20. The quantitative estimate of drug-likeness (QED) is 0.836. The lowest BCUT2D eigenvalue weighted by molar-refractivity contribution is -0.143. The van der Waals surface area contributed by atoms with Gasteiger partial charge in [0, 0.05) is 13.1 Å². The standard InChI is InChI=1S/C14H17NO5/c1-9-3-4-10(20-9)5-6-13(16)15(2)12-8-19-7-11(12)14(17)18/h3-6,11-12H,7-8H2,1-2H3,(H,17,18). The first-order valence-corrected chi connectivity index (χ1v) is 6.31. The Kier molecular flexibility index (Phi) is 4.24. The van der Waals surface area contributed by atoms with Gasteiger partial charge < -0.3 is 19.2 Å². The van der Waals surface area contributed by atoms with Crippen LogP contribution in [-0.4, -0.2) is 48.2 Å². The second-order valence-corrected chi connectivity index (χ2v) is 4.78. The van der Waals surface area contributed by atoms with Crippen LogP contribution in [-0.2, 0) is 14.3 Å². The molecular formula is C14H17NO5. The minimum atomic E-state index is -0.946. The van der Waals surface area contributed by atoms with E-state index in [4.69, 9.17) is 14.3 Å². The van der Waals surface area contributed by atoms with Crippen molar-refractivity contribution in [1.29, 1.82) is 0 Å². The van der Waals surface area contributed by atoms with Crippen molar-refractivity contribution in [2.24, 2.45) is 5.92 Å². The molecule has 1 aromatic rings. The highest BCUT2D eigenvalue weighted by atomic mass is 16.5. The number of carbonyl (C=O) groups is 2. The van der Waals surface area contributed by atoms with Crippen molar-refractivity contribution in [3.63, 3.8) is 0 Å². The second kappa shape index (κ2) is 5.92. The van der Waals surface area contributed by atoms with Crippen LogP contribution in [0.2, 0.25) is 0 Å². The van der Waals surface area contributed by atoms with Gasteiger partial charge in [0.25, 0.3) is 0 Å². The molecule has 0 aliphatic carbocycles. The molecule has 1 saturated heterocycles. The molecular weight excluding hydrogens is 262 g/mol. The molecule has 6 nitrogen and oxygen atoms in total. The highest BCUT2D eigenvalue weighted by Gasteiger charge is 2.37. The Morgan fingerprint density at radius 1 is 1.40 bits per heavy atom. The molecule has 2 unspecified atom stereocenters. The van der Waals surface area contributed by atoms with Gasteiger partial charge >= 0.3 is 5.97 Å². The molecule has 1 aliphatic heterocycles. The molecule has 2 atom stereocenters. The van der Waals surface area contributed by atoms with Gasteiger partial charge in [-0.3, -0.25) is 9.59 Å². The summed E-state index contributed by atoms with van der Waals surface area (Å²) in [6, 6.07) is 3.12. The van der Waals surface area contributed by atoms with Gasteiger partial charge in [-0.2, -0.15) is 0 Å². The molecule has 0 bridgehead atoms. The highest BCUT2D eigenvalue weighted by Crippen LogP contribution is 2.19. The summed E-state index contributed by atoms with van der Waals surface area (Å²) in [4.78, 5) is 24.5. The number of amides is 1. The molecule has 1 N–H and O–H groups in total. The summed E-state index contributed by atoms with van der Waals surface area (Å²) in [5, 5.41) is 9.07. The summed E-state index contributed by atoms with van der Waals surface area (Å²) in [7, 11) is 1.58. The molecule has 1 aromatic heterocycles. The molecule has 0 saturated carbocycles. The number of likely N-dealkylation sites (N-methyl/N-ethyl adjacent to an activating group) is 1. The molecule has 2 rings (SSSR count). The van der Waals surface area contributed by atoms with Crippen molar-refractivity contribution < 1.29 is 23.8 Å². The van der Waals surface area contributed by atoms with E-state index >= 15 is 0 Å². The van der Waals surface area contributed by atoms with Crippen LogP contribution in [0.1, 0.15) is 11.5 Å². The molecule has 20 heavy (non-hydrogen) atoms. The van der Waals surface area contributed by atoms with E-state index in [9.17, 15) is 9.59 Å². The van der Waals surface area contributed by atoms with Crippen LogP contribution in [0.15, 0.2) is 22.6 Å². The zero-order valence-electron chi connectivity index (χ0n) is 11.4. The number of aliphatic carboxylic acids is 1. The van der Waals surface area contributed by atoms with E-state index in [-0.39, 0.29) is 19.1 Å². The number of ether oxygens (including phenoxy) is 1. The molecule has 0 spiro atoms. The number of hydrogen-bond acceptors (Lipinski definition) is 4. The Hall–Kier alpha value is -2.08. The molecule has 1 aliphatic rings. The maximum Gasteiger partial charge on any atom is 0.311 e. The van der Waals surface area contributed by atoms with Crippen LogP contribution in [0, 0.1) is 12.8 Å². The van der Waals surface area contributed by atoms with Crippen molar-refractivity contribution in [2.75, 3.05) is 20.3 Å². The van der Waals surface area contributed by atoms with E-state index < -0.39 is 17.9 Å². The van der Waals surface area contributed by atoms with Gasteiger partial charge in [-0.15, -0.1) is 0 Å². The predicted octanol–water partition coefficient (Wildman–Crippen LogP) is 1.16. The van der Waals surface area contributed by atoms with Crippen LogP contribution < -0.4 is 0 Å². The van der Waals surface area contributed by atoms with Crippen LogP contribution >= 0.6 is 0 Å². The van der Waals surface area contributed by atoms with Crippen molar-refractivity contribution in [3.8, 4) is 0 Å². The molecule has 1 fully saturated rings. The Bertz CT molecular complexity index is 533. The van der Waals surface area contributed by atoms with E-state index in [1.54, 1.807) is 25.3 Å². The SMILES string of the molecule is Cc1ccc(C=CC(=O)N(C)C2COCC2C(=O)O)o1. The van der Waals surface area contributed by atoms with Crippen molar-refractivity contribution >= 4 is 18.0 Å². The fraction of sp³-hybridized carbons (Fsp3) is 0.429. The third-order valence-corrected chi connectivity index (χ3v) is 3.36. The third kappa shape index (κ3) is 3.08. The number of nitrogens with zero attached hydrogens (tertiary/aromatic N) is 1. The van der Waals surface area contributed by atoms with Crippen molar-refractivity contribution in [1.82, 2.24) is 4.90 Å². The number of furan rings is 1. The number of aryl methyl sites for hydroxylation is 1. The Morgan fingerprint density at radius 3 is 2.75 bits per heavy atom. The van der Waals surface area contributed by atoms with E-state index in [0.29, 0.717) is 5.76 Å². The van der Waals surface area contributed by atoms with Crippen LogP contribution in [0.5, 0.6) is 0 Å². The van der Waals surface area contributed by atoms with Crippen molar-refractivity contribution in [3.05, 3.63) is 29.7 Å². The summed E-state index contributed by atoms with van der Waals surface area (Å²) in [5.41, 5.74) is 0. The topological polar surface area (TPSA) is 80.0 Å². The maximum absolute atomic E-state index is 12.0. The average Bonchev–Trinajstić information content (AvgIpc) is 3.03. The lowest BCUT2D eigenvalue weighted by atomic mass is 10.0. The van der Waals surface area contributed by atoms with Gasteiger partial charge in [0.2, 0.25) is 5.91 Å². The van der Waals surface area contributed by atoms with E-state index in [2.05, 4.69) is 0 Å². The lowest BCUT2D eigenvalue weighted by Crippen LogP contribution is -2.43. The summed E-state index contributed by atoms with van der Waals surface area (Å²) in [6.07, 6.45) is 2.94. The summed E-state index contributed by atoms with van der Waals surface area (Å²) >= 11 is 0. The Morgan fingerprint density at radius 2 is 2.15 bits per heavy atom. The third-order valence-electron chi connectivity index (χ3n) is 3.36. The summed E-state index contributed by atoms with van der Waals surface area (Å²) < 4.78 is 10.5. The monoisotopic (exact) mass is 279 g/mol. The molecule has 2 heterocycles. The van der Waals surface area contributed by atoms with Gasteiger partial charge in [-0.05, 0) is 25.1 Å². The van der Waals surface area contributed by atoms with Crippen LogP contribution in [0.3, 0.4) is 0 Å². The van der Waals surface area contributed by atoms with Gasteiger partial charge in [0.15, 0.2) is 0 Å². The number of carbonyl (C=O) groups excluding carboxylic acids is 1. The predicted molar refractivity (Wildman–Crippen MR) is 71.0 cm³/mol. The number of carboxylic acid groups (broad SMARTS) is 1. The average molecular weight is 279 g/mol. The largest absolute Gasteiger partial charge is 0.481 e. The Labute approximate surface area is 116 Å².